The predicted molar refractivity (Wildman–Crippen MR) is 190 cm³/mol. The third-order valence-corrected chi connectivity index (χ3v) is 12.8. The van der Waals surface area contributed by atoms with Gasteiger partial charge in [0.2, 0.25) is 5.91 Å². The number of alkyl halides is 1. The van der Waals surface area contributed by atoms with Crippen LogP contribution in [0.25, 0.3) is 32.1 Å². The number of amides is 1. The van der Waals surface area contributed by atoms with Gasteiger partial charge in [0, 0.05) is 55.0 Å². The second-order valence-electron chi connectivity index (χ2n) is 14.7. The normalized spacial score (nSPS) is 27.3. The number of nitriles is 1. The minimum atomic E-state index is -0.946. The van der Waals surface area contributed by atoms with Gasteiger partial charge in [-0.15, -0.1) is 11.3 Å². The van der Waals surface area contributed by atoms with Crippen molar-refractivity contribution in [1.29, 1.82) is 5.26 Å². The summed E-state index contributed by atoms with van der Waals surface area (Å²) in [5, 5.41) is 17.0. The van der Waals surface area contributed by atoms with Crippen LogP contribution in [-0.4, -0.2) is 83.9 Å². The van der Waals surface area contributed by atoms with E-state index in [0.29, 0.717) is 55.8 Å². The van der Waals surface area contributed by atoms with Gasteiger partial charge in [-0.2, -0.15) is 15.2 Å². The van der Waals surface area contributed by atoms with Gasteiger partial charge in [-0.1, -0.05) is 17.7 Å². The van der Waals surface area contributed by atoms with Crippen LogP contribution in [0.1, 0.15) is 44.1 Å². The van der Waals surface area contributed by atoms with Crippen LogP contribution >= 0.6 is 22.9 Å². The van der Waals surface area contributed by atoms with E-state index < -0.39 is 23.3 Å². The molecule has 6 heterocycles. The number of fused-ring (bicyclic) bond motifs is 3. The standard InChI is InChI=1S/C36H36ClF3N8O2S/c37-23-10-21-29(27(40)26(23)20-4-5-24(39)31-25(20)22(12-41)32(42)51-31)45-35(50-16-36-7-1-8-48(36)15-19(38)11-36)46-33(21)47-9-6-17(14-47)13-43-34(49)30-28(44-30)18-2-3-18/h4-5,10,17-19,28,30,44H,1-3,6-9,11,13-16,42H2,(H,43,49)/t17?,19-,28+,30-,36+/m1/s1. The van der Waals surface area contributed by atoms with Gasteiger partial charge < -0.3 is 20.7 Å². The van der Waals surface area contributed by atoms with E-state index in [0.717, 1.165) is 37.1 Å². The van der Waals surface area contributed by atoms with E-state index in [1.54, 1.807) is 6.07 Å². The van der Waals surface area contributed by atoms with Gasteiger partial charge in [-0.3, -0.25) is 15.0 Å². The molecule has 4 aromatic rings. The lowest BCUT2D eigenvalue weighted by Crippen LogP contribution is -2.43. The lowest BCUT2D eigenvalue weighted by molar-refractivity contribution is -0.120. The number of nitrogens with one attached hydrogen (secondary N) is 2. The number of aromatic nitrogens is 2. The summed E-state index contributed by atoms with van der Waals surface area (Å²) in [6, 6.07) is 6.37. The lowest BCUT2D eigenvalue weighted by atomic mass is 9.95. The Morgan fingerprint density at radius 1 is 1.24 bits per heavy atom. The summed E-state index contributed by atoms with van der Waals surface area (Å²) in [4.78, 5) is 26.3. The number of rotatable bonds is 9. The number of carbonyl (C=O) groups excluding carboxylic acids is 1. The minimum Gasteiger partial charge on any atom is -0.461 e. The smallest absolute Gasteiger partial charge is 0.319 e. The highest BCUT2D eigenvalue weighted by Gasteiger charge is 2.51. The molecular formula is C36H36ClF3N8O2S. The summed E-state index contributed by atoms with van der Waals surface area (Å²) in [5.41, 5.74) is 5.78. The molecule has 0 spiro atoms. The molecule has 10 nitrogen and oxygen atoms in total. The molecule has 5 fully saturated rings. The number of hydrogen-bond donors (Lipinski definition) is 3. The Balaban J connectivity index is 1.08. The molecule has 1 aliphatic carbocycles. The molecule has 2 aromatic carbocycles. The van der Waals surface area contributed by atoms with Crippen molar-refractivity contribution in [2.45, 2.75) is 62.3 Å². The van der Waals surface area contributed by atoms with Crippen LogP contribution in [0.15, 0.2) is 18.2 Å². The monoisotopic (exact) mass is 736 g/mol. The first-order valence-corrected chi connectivity index (χ1v) is 18.7. The number of nitrogen functional groups attached to an aromatic ring is 1. The molecule has 15 heteroatoms. The van der Waals surface area contributed by atoms with Crippen LogP contribution in [0, 0.1) is 34.8 Å². The van der Waals surface area contributed by atoms with E-state index in [1.807, 2.05) is 11.0 Å². The summed E-state index contributed by atoms with van der Waals surface area (Å²) in [5.74, 6) is -0.142. The molecule has 1 unspecified atom stereocenters. The molecular weight excluding hydrogens is 701 g/mol. The Bertz CT molecular complexity index is 2140. The SMILES string of the molecule is N#Cc1c(N)sc2c(F)ccc(-c3c(Cl)cc4c(N5CCC(CNC(=O)[C@@H]6N[C@H]6C6CC6)C5)nc(OC[C@@]56CCCN5C[C@H](F)C6)nc4c3F)c12. The van der Waals surface area contributed by atoms with Crippen molar-refractivity contribution in [3.05, 3.63) is 40.4 Å². The molecule has 4 aliphatic heterocycles. The first kappa shape index (κ1) is 33.0. The summed E-state index contributed by atoms with van der Waals surface area (Å²) >= 11 is 7.79. The van der Waals surface area contributed by atoms with E-state index in [4.69, 9.17) is 27.1 Å². The molecule has 0 radical (unpaired) electrons. The third kappa shape index (κ3) is 5.64. The number of thiophene rings is 1. The largest absolute Gasteiger partial charge is 0.461 e. The average Bonchev–Trinajstić information content (AvgIpc) is 3.95. The first-order chi connectivity index (χ1) is 24.6. The zero-order valence-corrected chi connectivity index (χ0v) is 29.2. The van der Waals surface area contributed by atoms with Gasteiger partial charge in [-0.05, 0) is 68.2 Å². The molecule has 4 N–H and O–H groups in total. The van der Waals surface area contributed by atoms with Crippen molar-refractivity contribution in [2.75, 3.05) is 50.0 Å². The number of nitrogens with two attached hydrogens (primary N) is 1. The fourth-order valence-electron chi connectivity index (χ4n) is 8.67. The number of carbonyl (C=O) groups is 1. The van der Waals surface area contributed by atoms with Crippen molar-refractivity contribution in [3.8, 4) is 23.2 Å². The Labute approximate surface area is 301 Å². The van der Waals surface area contributed by atoms with E-state index in [1.165, 1.54) is 25.0 Å². The molecule has 1 amide bonds. The van der Waals surface area contributed by atoms with Gasteiger partial charge in [0.15, 0.2) is 5.82 Å². The highest BCUT2D eigenvalue weighted by molar-refractivity contribution is 7.23. The Kier molecular flexibility index (Phi) is 7.99. The Hall–Kier alpha value is -3.90. The van der Waals surface area contributed by atoms with E-state index in [9.17, 15) is 18.8 Å². The zero-order chi connectivity index (χ0) is 35.2. The number of hydrogen-bond acceptors (Lipinski definition) is 10. The summed E-state index contributed by atoms with van der Waals surface area (Å²) in [6.45, 7) is 2.96. The molecule has 5 aliphatic rings. The van der Waals surface area contributed by atoms with Crippen molar-refractivity contribution in [3.63, 3.8) is 0 Å². The zero-order valence-electron chi connectivity index (χ0n) is 27.7. The van der Waals surface area contributed by atoms with Crippen molar-refractivity contribution in [2.24, 2.45) is 11.8 Å². The molecule has 9 rings (SSSR count). The Morgan fingerprint density at radius 2 is 2.08 bits per heavy atom. The molecule has 1 saturated carbocycles. The fraction of sp³-hybridized carbons (Fsp3) is 0.500. The van der Waals surface area contributed by atoms with Gasteiger partial charge in [0.05, 0.1) is 20.8 Å². The molecule has 2 aromatic heterocycles. The quantitative estimate of drug-likeness (QED) is 0.189. The number of nitrogens with zero attached hydrogens (tertiary/aromatic N) is 5. The van der Waals surface area contributed by atoms with Crippen LogP contribution in [0.5, 0.6) is 6.01 Å². The lowest BCUT2D eigenvalue weighted by Gasteiger charge is -2.31. The van der Waals surface area contributed by atoms with Crippen molar-refractivity contribution < 1.29 is 22.7 Å². The van der Waals surface area contributed by atoms with E-state index >= 15 is 4.39 Å². The molecule has 5 atom stereocenters. The summed E-state index contributed by atoms with van der Waals surface area (Å²) < 4.78 is 52.9. The maximum atomic E-state index is 17.0. The van der Waals surface area contributed by atoms with Crippen molar-refractivity contribution in [1.82, 2.24) is 25.5 Å². The topological polar surface area (TPSA) is 142 Å². The van der Waals surface area contributed by atoms with Crippen LogP contribution in [-0.2, 0) is 4.79 Å². The second kappa shape index (κ2) is 12.4. The van der Waals surface area contributed by atoms with Gasteiger partial charge >= 0.3 is 6.01 Å². The summed E-state index contributed by atoms with van der Waals surface area (Å²) in [6.07, 6.45) is 4.26. The first-order valence-electron chi connectivity index (χ1n) is 17.6. The molecule has 266 valence electrons. The molecule has 51 heavy (non-hydrogen) atoms. The third-order valence-electron chi connectivity index (χ3n) is 11.5. The highest BCUT2D eigenvalue weighted by atomic mass is 35.5. The van der Waals surface area contributed by atoms with Gasteiger partial charge in [-0.25, -0.2) is 13.2 Å². The number of benzene rings is 2. The van der Waals surface area contributed by atoms with E-state index in [-0.39, 0.29) is 72.8 Å². The van der Waals surface area contributed by atoms with Gasteiger partial charge in [0.25, 0.3) is 0 Å². The molecule has 0 bridgehead atoms. The second-order valence-corrected chi connectivity index (χ2v) is 16.2. The maximum Gasteiger partial charge on any atom is 0.319 e. The Morgan fingerprint density at radius 3 is 2.88 bits per heavy atom. The average molecular weight is 737 g/mol. The number of halogens is 4. The van der Waals surface area contributed by atoms with Crippen LogP contribution in [0.2, 0.25) is 5.02 Å². The van der Waals surface area contributed by atoms with E-state index in [2.05, 4.69) is 20.5 Å². The van der Waals surface area contributed by atoms with Crippen LogP contribution < -0.4 is 26.0 Å². The molecule has 4 saturated heterocycles. The fourth-order valence-corrected chi connectivity index (χ4v) is 9.91. The van der Waals surface area contributed by atoms with Gasteiger partial charge in [0.1, 0.15) is 47.0 Å². The summed E-state index contributed by atoms with van der Waals surface area (Å²) in [7, 11) is 0. The maximum absolute atomic E-state index is 17.0. The minimum absolute atomic E-state index is 0.0273. The van der Waals surface area contributed by atoms with Crippen molar-refractivity contribution >= 4 is 60.7 Å². The predicted octanol–water partition coefficient (Wildman–Crippen LogP) is 5.55. The van der Waals surface area contributed by atoms with Crippen LogP contribution in [0.4, 0.5) is 24.0 Å². The highest BCUT2D eigenvalue weighted by Crippen LogP contribution is 2.46. The number of ether oxygens (including phenoxy) is 1. The number of anilines is 2. The van der Waals surface area contributed by atoms with Crippen LogP contribution in [0.3, 0.4) is 0 Å².